The maximum Gasteiger partial charge on any atom is 0.209 e. The van der Waals surface area contributed by atoms with E-state index in [0.717, 1.165) is 36.9 Å². The van der Waals surface area contributed by atoms with Crippen LogP contribution in [0.25, 0.3) is 0 Å². The van der Waals surface area contributed by atoms with Gasteiger partial charge in [0.2, 0.25) is 10.0 Å². The molecular formula is C30H46N2O6S2. The number of aliphatic hydroxyl groups is 1. The van der Waals surface area contributed by atoms with Crippen molar-refractivity contribution >= 4 is 25.5 Å². The number of benzene rings is 2. The molecule has 3 rings (SSSR count). The Balaban J connectivity index is 2.03. The average molecular weight is 595 g/mol. The largest absolute Gasteiger partial charge is 0.494 e. The van der Waals surface area contributed by atoms with Gasteiger partial charge in [0.25, 0.3) is 0 Å². The number of fused-ring (bicyclic) bond motifs is 1. The molecule has 0 saturated carbocycles. The quantitative estimate of drug-likeness (QED) is 0.300. The number of rotatable bonds is 14. The molecule has 2 aromatic rings. The first-order valence-corrected chi connectivity index (χ1v) is 17.7. The highest BCUT2D eigenvalue weighted by atomic mass is 32.2. The van der Waals surface area contributed by atoms with Crippen LogP contribution in [-0.4, -0.2) is 60.3 Å². The van der Waals surface area contributed by atoms with Crippen LogP contribution in [0.2, 0.25) is 0 Å². The summed E-state index contributed by atoms with van der Waals surface area (Å²) in [6.45, 7) is 4.54. The minimum Gasteiger partial charge on any atom is -0.494 e. The minimum absolute atomic E-state index is 0.0638. The maximum atomic E-state index is 13.9. The van der Waals surface area contributed by atoms with E-state index in [1.54, 1.807) is 6.07 Å². The molecule has 0 amide bonds. The van der Waals surface area contributed by atoms with Crippen molar-refractivity contribution < 1.29 is 26.7 Å². The summed E-state index contributed by atoms with van der Waals surface area (Å²) < 4.78 is 55.9. The second kappa shape index (κ2) is 13.7. The summed E-state index contributed by atoms with van der Waals surface area (Å²) in [4.78, 5) is 2.24. The van der Waals surface area contributed by atoms with Crippen molar-refractivity contribution in [1.82, 2.24) is 0 Å². The third-order valence-electron chi connectivity index (χ3n) is 7.99. The van der Waals surface area contributed by atoms with E-state index in [9.17, 15) is 21.9 Å². The van der Waals surface area contributed by atoms with E-state index in [1.807, 2.05) is 55.4 Å². The molecular weight excluding hydrogens is 548 g/mol. The number of aliphatic hydroxyl groups excluding tert-OH is 1. The van der Waals surface area contributed by atoms with Crippen LogP contribution < -0.4 is 14.8 Å². The van der Waals surface area contributed by atoms with Gasteiger partial charge in [0, 0.05) is 31.1 Å². The van der Waals surface area contributed by atoms with Gasteiger partial charge in [0.15, 0.2) is 9.84 Å². The van der Waals surface area contributed by atoms with Crippen LogP contribution in [-0.2, 0) is 19.9 Å². The van der Waals surface area contributed by atoms with E-state index in [-0.39, 0.29) is 11.5 Å². The van der Waals surface area contributed by atoms with Gasteiger partial charge < -0.3 is 14.7 Å². The van der Waals surface area contributed by atoms with Crippen molar-refractivity contribution in [2.75, 3.05) is 37.1 Å². The highest BCUT2D eigenvalue weighted by Crippen LogP contribution is 2.50. The van der Waals surface area contributed by atoms with Gasteiger partial charge in [-0.2, -0.15) is 0 Å². The number of sulfonamides is 1. The number of hydrogen-bond donors (Lipinski definition) is 2. The molecule has 0 saturated heterocycles. The Morgan fingerprint density at radius 2 is 1.62 bits per heavy atom. The highest BCUT2D eigenvalue weighted by Gasteiger charge is 2.49. The second-order valence-electron chi connectivity index (χ2n) is 11.4. The fraction of sp³-hybridized carbons (Fsp3) is 0.600. The number of hydrogen-bond acceptors (Lipinski definition) is 7. The molecule has 0 aliphatic carbocycles. The first kappa shape index (κ1) is 32.4. The Morgan fingerprint density at radius 3 is 2.17 bits per heavy atom. The summed E-state index contributed by atoms with van der Waals surface area (Å²) >= 11 is 0. The van der Waals surface area contributed by atoms with Crippen molar-refractivity contribution in [1.29, 1.82) is 0 Å². The van der Waals surface area contributed by atoms with Gasteiger partial charge in [-0.25, -0.2) is 22.0 Å². The average Bonchev–Trinajstić information content (AvgIpc) is 2.96. The Bertz CT molecular complexity index is 1320. The minimum atomic E-state index is -3.65. The zero-order valence-electron chi connectivity index (χ0n) is 24.3. The topological polar surface area (TPSA) is 127 Å². The Hall–Kier alpha value is -2.14. The zero-order valence-corrected chi connectivity index (χ0v) is 25.9. The molecule has 1 heterocycles. The molecule has 2 atom stereocenters. The fourth-order valence-corrected chi connectivity index (χ4v) is 8.56. The molecule has 40 heavy (non-hydrogen) atoms. The predicted octanol–water partition coefficient (Wildman–Crippen LogP) is 4.85. The van der Waals surface area contributed by atoms with Gasteiger partial charge in [0.05, 0.1) is 29.1 Å². The summed E-state index contributed by atoms with van der Waals surface area (Å²) in [6.07, 6.45) is 4.92. The van der Waals surface area contributed by atoms with Crippen molar-refractivity contribution in [3.8, 4) is 5.75 Å². The molecule has 224 valence electrons. The van der Waals surface area contributed by atoms with Crippen molar-refractivity contribution in [2.24, 2.45) is 10.6 Å². The Morgan fingerprint density at radius 1 is 1.00 bits per heavy atom. The number of primary sulfonamides is 1. The second-order valence-corrected chi connectivity index (χ2v) is 15.1. The van der Waals surface area contributed by atoms with Gasteiger partial charge in [-0.3, -0.25) is 0 Å². The number of nitrogens with zero attached hydrogens (tertiary/aromatic N) is 1. The zero-order chi connectivity index (χ0) is 29.6. The van der Waals surface area contributed by atoms with Crippen LogP contribution >= 0.6 is 0 Å². The lowest BCUT2D eigenvalue weighted by atomic mass is 9.68. The highest BCUT2D eigenvalue weighted by molar-refractivity contribution is 7.91. The Labute approximate surface area is 240 Å². The van der Waals surface area contributed by atoms with Crippen LogP contribution in [0.3, 0.4) is 0 Å². The van der Waals surface area contributed by atoms with Crippen molar-refractivity contribution in [3.63, 3.8) is 0 Å². The van der Waals surface area contributed by atoms with E-state index in [4.69, 9.17) is 9.88 Å². The molecule has 0 bridgehead atoms. The van der Waals surface area contributed by atoms with Gasteiger partial charge in [0.1, 0.15) is 5.75 Å². The summed E-state index contributed by atoms with van der Waals surface area (Å²) in [5.74, 6) is -0.0411. The van der Waals surface area contributed by atoms with Crippen LogP contribution in [0.5, 0.6) is 5.75 Å². The smallest absolute Gasteiger partial charge is 0.209 e. The monoisotopic (exact) mass is 594 g/mol. The third kappa shape index (κ3) is 7.99. The molecule has 0 spiro atoms. The lowest BCUT2D eigenvalue weighted by Gasteiger charge is -2.40. The third-order valence-corrected chi connectivity index (χ3v) is 10.8. The van der Waals surface area contributed by atoms with E-state index in [0.29, 0.717) is 48.5 Å². The van der Waals surface area contributed by atoms with E-state index in [2.05, 4.69) is 13.8 Å². The van der Waals surface area contributed by atoms with Gasteiger partial charge >= 0.3 is 0 Å². The van der Waals surface area contributed by atoms with E-state index < -0.39 is 37.3 Å². The van der Waals surface area contributed by atoms with Crippen molar-refractivity contribution in [3.05, 3.63) is 53.6 Å². The molecule has 1 unspecified atom stereocenters. The number of ether oxygens (including phenoxy) is 1. The Kier molecular flexibility index (Phi) is 11.1. The van der Waals surface area contributed by atoms with Crippen molar-refractivity contribution in [2.45, 2.75) is 82.1 Å². The molecule has 8 nitrogen and oxygen atoms in total. The number of nitrogens with two attached hydrogens (primary N) is 1. The lowest BCUT2D eigenvalue weighted by Crippen LogP contribution is -2.43. The molecule has 2 aromatic carbocycles. The van der Waals surface area contributed by atoms with Crippen LogP contribution in [0.1, 0.15) is 82.3 Å². The first-order chi connectivity index (χ1) is 18.8. The lowest BCUT2D eigenvalue weighted by molar-refractivity contribution is 0.0127. The molecule has 0 radical (unpaired) electrons. The molecule has 0 fully saturated rings. The van der Waals surface area contributed by atoms with Crippen LogP contribution in [0, 0.1) is 5.41 Å². The molecule has 3 N–H and O–H groups in total. The first-order valence-electron chi connectivity index (χ1n) is 14.3. The van der Waals surface area contributed by atoms with Crippen LogP contribution in [0.15, 0.2) is 47.4 Å². The van der Waals surface area contributed by atoms with E-state index in [1.165, 1.54) is 0 Å². The SMILES string of the molecule is CCCCC1(CCCC)CS(=O)(=O)c2ccc(N(C)C)cc2[C@@H](c2ccc(OCCCCS(N)(=O)=O)cc2)C1O. The summed E-state index contributed by atoms with van der Waals surface area (Å²) in [6, 6.07) is 12.9. The normalized spacial score (nSPS) is 19.9. The maximum absolute atomic E-state index is 13.9. The number of unbranched alkanes of at least 4 members (excludes halogenated alkanes) is 3. The molecule has 0 aromatic heterocycles. The standard InChI is InChI=1S/C30H46N2O6S2/c1-5-7-17-30(18-8-6-2)22-39(34,35)27-16-13-24(32(3)4)21-26(27)28(29(30)33)23-11-14-25(15-12-23)38-19-9-10-20-40(31,36)37/h11-16,21,28-29,33H,5-10,17-20,22H2,1-4H3,(H2,31,36,37)/t28-,29?/m1/s1. The molecule has 10 heteroatoms. The van der Waals surface area contributed by atoms with Gasteiger partial charge in [-0.1, -0.05) is 51.7 Å². The molecule has 1 aliphatic rings. The number of sulfone groups is 1. The van der Waals surface area contributed by atoms with Gasteiger partial charge in [-0.05, 0) is 67.1 Å². The number of anilines is 1. The van der Waals surface area contributed by atoms with Gasteiger partial charge in [-0.15, -0.1) is 0 Å². The predicted molar refractivity (Wildman–Crippen MR) is 161 cm³/mol. The summed E-state index contributed by atoms with van der Waals surface area (Å²) in [7, 11) is -3.30. The molecule has 1 aliphatic heterocycles. The van der Waals surface area contributed by atoms with Crippen LogP contribution in [0.4, 0.5) is 5.69 Å². The summed E-state index contributed by atoms with van der Waals surface area (Å²) in [5.41, 5.74) is 1.58. The van der Waals surface area contributed by atoms with E-state index >= 15 is 0 Å². The summed E-state index contributed by atoms with van der Waals surface area (Å²) in [5, 5.41) is 17.3. The fourth-order valence-electron chi connectivity index (χ4n) is 5.76.